The molecule has 2 aliphatic carbocycles. The van der Waals surface area contributed by atoms with Gasteiger partial charge in [0.2, 0.25) is 11.8 Å². The van der Waals surface area contributed by atoms with Crippen LogP contribution in [-0.2, 0) is 35.6 Å². The van der Waals surface area contributed by atoms with Gasteiger partial charge in [-0.2, -0.15) is 18.2 Å². The first-order valence-electron chi connectivity index (χ1n) is 18.4. The number of pyridine rings is 1. The quantitative estimate of drug-likeness (QED) is 0.0996. The van der Waals surface area contributed by atoms with Gasteiger partial charge in [0.25, 0.3) is 11.8 Å². The summed E-state index contributed by atoms with van der Waals surface area (Å²) in [4.78, 5) is 74.5. The summed E-state index contributed by atoms with van der Waals surface area (Å²) >= 11 is 12.6. The molecule has 2 aromatic carbocycles. The molecule has 4 aliphatic rings. The number of carbonyl (C=O) groups is 5. The largest absolute Gasteiger partial charge is 0.491 e. The number of aromatic nitrogens is 1. The summed E-state index contributed by atoms with van der Waals surface area (Å²) in [5, 5.41) is 19.3. The zero-order valence-electron chi connectivity index (χ0n) is 30.2. The fourth-order valence-electron chi connectivity index (χ4n) is 9.14. The van der Waals surface area contributed by atoms with Gasteiger partial charge < -0.3 is 14.9 Å². The third kappa shape index (κ3) is 7.03. The van der Waals surface area contributed by atoms with Crippen LogP contribution >= 0.6 is 23.2 Å². The second-order valence-corrected chi connectivity index (χ2v) is 15.4. The Balaban J connectivity index is 1.36. The van der Waals surface area contributed by atoms with Crippen molar-refractivity contribution in [1.82, 2.24) is 14.9 Å². The number of ether oxygens (including phenoxy) is 1. The first-order valence-corrected chi connectivity index (χ1v) is 19.2. The maximum atomic E-state index is 15.4. The highest BCUT2D eigenvalue weighted by Crippen LogP contribution is 2.65. The number of hydrogen-bond acceptors (Lipinski definition) is 9. The number of aliphatic carboxylic acids is 1. The number of halogens is 5. The third-order valence-electron chi connectivity index (χ3n) is 11.5. The number of carboxylic acid groups (broad SMARTS) is 1. The number of para-hydroxylation sites is 1. The van der Waals surface area contributed by atoms with Gasteiger partial charge in [0.15, 0.2) is 5.82 Å². The van der Waals surface area contributed by atoms with E-state index in [1.165, 1.54) is 4.90 Å². The molecule has 17 heteroatoms. The number of hydrogen-bond donors (Lipinski definition) is 3. The van der Waals surface area contributed by atoms with Gasteiger partial charge in [-0.1, -0.05) is 71.6 Å². The van der Waals surface area contributed by atoms with Gasteiger partial charge in [0, 0.05) is 35.7 Å². The van der Waals surface area contributed by atoms with Crippen LogP contribution in [0.15, 0.2) is 72.4 Å². The Labute approximate surface area is 334 Å². The fourth-order valence-corrected chi connectivity index (χ4v) is 9.48. The van der Waals surface area contributed by atoms with Crippen LogP contribution < -0.4 is 10.2 Å². The van der Waals surface area contributed by atoms with Crippen molar-refractivity contribution < 1.29 is 52.1 Å². The summed E-state index contributed by atoms with van der Waals surface area (Å²) in [6, 6.07) is 13.8. The molecule has 0 bridgehead atoms. The van der Waals surface area contributed by atoms with Crippen LogP contribution in [0.1, 0.15) is 61.1 Å². The van der Waals surface area contributed by atoms with Crippen LogP contribution in [-0.4, -0.2) is 74.5 Å². The Kier molecular flexibility index (Phi) is 11.1. The summed E-state index contributed by atoms with van der Waals surface area (Å²) in [6.07, 6.45) is -1.05. The Morgan fingerprint density at radius 1 is 0.982 bits per heavy atom. The van der Waals surface area contributed by atoms with Crippen LogP contribution in [0.5, 0.6) is 5.75 Å². The number of benzene rings is 2. The van der Waals surface area contributed by atoms with E-state index in [1.54, 1.807) is 48.5 Å². The molecule has 3 heterocycles. The van der Waals surface area contributed by atoms with Gasteiger partial charge in [-0.25, -0.2) is 4.98 Å². The third-order valence-corrected chi connectivity index (χ3v) is 12.0. The van der Waals surface area contributed by atoms with Gasteiger partial charge in [0.1, 0.15) is 12.4 Å². The summed E-state index contributed by atoms with van der Waals surface area (Å²) < 4.78 is 46.5. The van der Waals surface area contributed by atoms with E-state index in [9.17, 15) is 37.5 Å². The molecule has 2 saturated heterocycles. The van der Waals surface area contributed by atoms with E-state index in [2.05, 4.69) is 10.4 Å². The molecular formula is C40H37Cl2F3N4O8. The second-order valence-electron chi connectivity index (χ2n) is 14.6. The minimum absolute atomic E-state index is 0.0378. The standard InChI is InChI=1S/C40H37Cl2F3N4O8/c41-23-11-9-21(10-12-23)39-28(36(54)49(38(39)56)47-34-29(42)18-22(20-46-34)40(43,44)45)19-27-24(33(39)25-6-3-4-7-30(25)57-17-16-50)13-14-26-32(27)37(55)48(35(26)53)15-5-1-2-8-31(51)52/h3-4,6-7,9-13,18,20,26-28,32-33,50H,1-2,5,8,14-17,19H2,(H,46,47)(H,51,52)/t26-,27+,28-,32-,33+,39+/m0/s1. The first kappa shape index (κ1) is 40.2. The van der Waals surface area contributed by atoms with Crippen LogP contribution in [0.2, 0.25) is 10.0 Å². The number of imide groups is 2. The van der Waals surface area contributed by atoms with Gasteiger partial charge in [0.05, 0.1) is 40.4 Å². The number of nitrogens with one attached hydrogen (secondary N) is 1. The van der Waals surface area contributed by atoms with Crippen molar-refractivity contribution in [3.63, 3.8) is 0 Å². The topological polar surface area (TPSA) is 166 Å². The van der Waals surface area contributed by atoms with Gasteiger partial charge in [-0.3, -0.25) is 34.3 Å². The van der Waals surface area contributed by atoms with E-state index in [0.717, 1.165) is 0 Å². The number of likely N-dealkylation sites (tertiary alicyclic amines) is 1. The normalized spacial score (nSPS) is 25.6. The molecule has 1 saturated carbocycles. The number of allylic oxidation sites excluding steroid dienone is 2. The molecule has 57 heavy (non-hydrogen) atoms. The minimum Gasteiger partial charge on any atom is -0.491 e. The van der Waals surface area contributed by atoms with E-state index >= 15 is 4.79 Å². The summed E-state index contributed by atoms with van der Waals surface area (Å²) in [6.45, 7) is -0.346. The minimum atomic E-state index is -4.77. The Hall–Kier alpha value is -4.99. The molecule has 7 rings (SSSR count). The van der Waals surface area contributed by atoms with Crippen LogP contribution in [0.4, 0.5) is 19.0 Å². The molecule has 3 N–H and O–H groups in total. The lowest BCUT2D eigenvalue weighted by atomic mass is 9.49. The molecule has 0 radical (unpaired) electrons. The molecule has 0 spiro atoms. The van der Waals surface area contributed by atoms with E-state index < -0.39 is 75.5 Å². The van der Waals surface area contributed by atoms with E-state index in [0.29, 0.717) is 64.0 Å². The van der Waals surface area contributed by atoms with Crippen molar-refractivity contribution in [3.8, 4) is 5.75 Å². The molecule has 2 aliphatic heterocycles. The summed E-state index contributed by atoms with van der Waals surface area (Å²) in [5.74, 6) is -7.93. The monoisotopic (exact) mass is 828 g/mol. The Bertz CT molecular complexity index is 2150. The van der Waals surface area contributed by atoms with Gasteiger partial charge in [-0.15, -0.1) is 0 Å². The number of anilines is 1. The van der Waals surface area contributed by atoms with Crippen molar-refractivity contribution >= 4 is 58.6 Å². The average Bonchev–Trinajstić information content (AvgIpc) is 3.54. The van der Waals surface area contributed by atoms with Crippen molar-refractivity contribution in [1.29, 1.82) is 0 Å². The number of nitrogens with zero attached hydrogens (tertiary/aromatic N) is 3. The molecule has 4 amide bonds. The number of fused-ring (bicyclic) bond motifs is 4. The summed E-state index contributed by atoms with van der Waals surface area (Å²) in [5.41, 5.74) is 1.17. The van der Waals surface area contributed by atoms with E-state index in [4.69, 9.17) is 33.0 Å². The molecule has 300 valence electrons. The van der Waals surface area contributed by atoms with Crippen molar-refractivity contribution in [3.05, 3.63) is 99.2 Å². The number of amides is 4. The molecule has 0 unspecified atom stereocenters. The fraction of sp³-hybridized carbons (Fsp3) is 0.400. The number of hydrazine groups is 1. The number of unbranched alkanes of at least 4 members (excludes halogenated alkanes) is 2. The van der Waals surface area contributed by atoms with Gasteiger partial charge >= 0.3 is 12.1 Å². The predicted molar refractivity (Wildman–Crippen MR) is 199 cm³/mol. The lowest BCUT2D eigenvalue weighted by Crippen LogP contribution is -2.53. The van der Waals surface area contributed by atoms with Crippen LogP contribution in [0, 0.1) is 23.7 Å². The summed E-state index contributed by atoms with van der Waals surface area (Å²) in [7, 11) is 0. The number of aliphatic hydroxyl groups is 1. The van der Waals surface area contributed by atoms with Crippen LogP contribution in [0.25, 0.3) is 0 Å². The second kappa shape index (κ2) is 15.7. The number of carbonyl (C=O) groups excluding carboxylic acids is 4. The SMILES string of the molecule is O=C(O)CCCCCN1C(=O)[C@H]2[C@H](CC=C3[C@H]2C[C@H]2C(=O)N(Nc4ncc(C(F)(F)F)cc4Cl)C(=O)[C@@]2(c2ccc(Cl)cc2)[C@H]3c2ccccc2OCCO)C1=O. The highest BCUT2D eigenvalue weighted by Gasteiger charge is 2.70. The first-order chi connectivity index (χ1) is 27.2. The number of rotatable bonds is 13. The van der Waals surface area contributed by atoms with Gasteiger partial charge in [-0.05, 0) is 61.4 Å². The van der Waals surface area contributed by atoms with Crippen molar-refractivity contribution in [2.24, 2.45) is 23.7 Å². The predicted octanol–water partition coefficient (Wildman–Crippen LogP) is 6.41. The molecule has 3 fully saturated rings. The smallest absolute Gasteiger partial charge is 0.417 e. The maximum Gasteiger partial charge on any atom is 0.417 e. The lowest BCUT2D eigenvalue weighted by Gasteiger charge is -2.50. The maximum absolute atomic E-state index is 15.4. The molecule has 6 atom stereocenters. The zero-order chi connectivity index (χ0) is 40.8. The highest BCUT2D eigenvalue weighted by molar-refractivity contribution is 6.33. The molecule has 1 aromatic heterocycles. The van der Waals surface area contributed by atoms with E-state index in [-0.39, 0.29) is 50.7 Å². The number of alkyl halides is 3. The molecule has 12 nitrogen and oxygen atoms in total. The zero-order valence-corrected chi connectivity index (χ0v) is 31.7. The van der Waals surface area contributed by atoms with Crippen LogP contribution in [0.3, 0.4) is 0 Å². The number of carboxylic acids is 1. The molecule has 3 aromatic rings. The lowest BCUT2D eigenvalue weighted by molar-refractivity contribution is -0.141. The average molecular weight is 830 g/mol. The Morgan fingerprint density at radius 3 is 2.40 bits per heavy atom. The van der Waals surface area contributed by atoms with Crippen molar-refractivity contribution in [2.45, 2.75) is 56.0 Å². The highest BCUT2D eigenvalue weighted by atomic mass is 35.5. The Morgan fingerprint density at radius 2 is 1.72 bits per heavy atom. The van der Waals surface area contributed by atoms with Crippen molar-refractivity contribution in [2.75, 3.05) is 25.2 Å². The number of aliphatic hydroxyl groups excluding tert-OH is 1. The molecular weight excluding hydrogens is 792 g/mol. The van der Waals surface area contributed by atoms with E-state index in [1.807, 2.05) is 6.08 Å².